The second-order valence-corrected chi connectivity index (χ2v) is 7.20. The van der Waals surface area contributed by atoms with Crippen molar-refractivity contribution in [3.05, 3.63) is 71.2 Å². The molecule has 0 aliphatic heterocycles. The third kappa shape index (κ3) is 4.78. The number of Topliss-reactive ketones (excluding diaryl/α,β-unsaturated/α-hetero) is 1. The summed E-state index contributed by atoms with van der Waals surface area (Å²) < 4.78 is 12.5. The van der Waals surface area contributed by atoms with E-state index in [-0.39, 0.29) is 28.7 Å². The zero-order valence-corrected chi connectivity index (χ0v) is 18.0. The Kier molecular flexibility index (Phi) is 6.90. The highest BCUT2D eigenvalue weighted by molar-refractivity contribution is 6.02. The van der Waals surface area contributed by atoms with Crippen molar-refractivity contribution in [3.63, 3.8) is 0 Å². The van der Waals surface area contributed by atoms with Gasteiger partial charge in [0.05, 0.1) is 0 Å². The number of hydrogen-bond acceptors (Lipinski definition) is 6. The Bertz CT molecular complexity index is 1170. The number of nitriles is 1. The van der Waals surface area contributed by atoms with Crippen molar-refractivity contribution in [1.82, 2.24) is 4.57 Å². The number of carbonyl (C=O) groups is 3. The molecular formula is C24H23N3O5. The topological polar surface area (TPSA) is 114 Å². The van der Waals surface area contributed by atoms with Crippen LogP contribution in [0.5, 0.6) is 0 Å². The predicted octanol–water partition coefficient (Wildman–Crippen LogP) is 4.42. The molecule has 3 aromatic rings. The van der Waals surface area contributed by atoms with Crippen LogP contribution in [-0.4, -0.2) is 28.3 Å². The molecule has 0 aliphatic carbocycles. The number of aryl methyl sites for hydroxylation is 1. The van der Waals surface area contributed by atoms with E-state index in [1.54, 1.807) is 60.3 Å². The highest BCUT2D eigenvalue weighted by Crippen LogP contribution is 2.26. The van der Waals surface area contributed by atoms with Gasteiger partial charge in [0.25, 0.3) is 0 Å². The zero-order chi connectivity index (χ0) is 23.3. The van der Waals surface area contributed by atoms with Crippen LogP contribution in [0.2, 0.25) is 0 Å². The molecule has 0 spiro atoms. The van der Waals surface area contributed by atoms with E-state index in [0.29, 0.717) is 17.7 Å². The largest absolute Gasteiger partial charge is 0.451 e. The summed E-state index contributed by atoms with van der Waals surface area (Å²) in [6.45, 7) is 4.93. The first-order chi connectivity index (χ1) is 15.3. The molecule has 8 nitrogen and oxygen atoms in total. The average molecular weight is 433 g/mol. The Morgan fingerprint density at radius 2 is 1.84 bits per heavy atom. The number of furan rings is 1. The fourth-order valence-corrected chi connectivity index (χ4v) is 3.21. The van der Waals surface area contributed by atoms with Crippen LogP contribution >= 0.6 is 0 Å². The van der Waals surface area contributed by atoms with Gasteiger partial charge in [-0.2, -0.15) is 5.26 Å². The molecule has 0 saturated carbocycles. The minimum atomic E-state index is -1.08. The summed E-state index contributed by atoms with van der Waals surface area (Å²) in [6, 6.07) is 11.9. The van der Waals surface area contributed by atoms with Crippen molar-refractivity contribution in [3.8, 4) is 12.0 Å². The Morgan fingerprint density at radius 1 is 1.19 bits per heavy atom. The van der Waals surface area contributed by atoms with Gasteiger partial charge in [-0.25, -0.2) is 4.79 Å². The molecule has 2 aromatic heterocycles. The normalized spacial score (nSPS) is 11.4. The van der Waals surface area contributed by atoms with Crippen molar-refractivity contribution < 1.29 is 23.5 Å². The first-order valence-corrected chi connectivity index (χ1v) is 10.2. The van der Waals surface area contributed by atoms with E-state index in [4.69, 9.17) is 9.15 Å². The van der Waals surface area contributed by atoms with E-state index in [2.05, 4.69) is 5.32 Å². The van der Waals surface area contributed by atoms with E-state index >= 15 is 0 Å². The van der Waals surface area contributed by atoms with Gasteiger partial charge < -0.3 is 14.5 Å². The molecule has 0 unspecified atom stereocenters. The van der Waals surface area contributed by atoms with Crippen LogP contribution in [0.25, 0.3) is 5.88 Å². The number of rotatable bonds is 8. The fourth-order valence-electron chi connectivity index (χ4n) is 3.21. The Hall–Kier alpha value is -4.12. The second-order valence-electron chi connectivity index (χ2n) is 7.20. The molecule has 8 heteroatoms. The van der Waals surface area contributed by atoms with Crippen molar-refractivity contribution in [2.24, 2.45) is 0 Å². The SMILES string of the molecule is CCCC(=O)Nc1ccc(C(=O)[C@@H](C)OC(=O)c2c(C)oc(-n3cccc3)c2C#N)cc1. The Labute approximate surface area is 185 Å². The van der Waals surface area contributed by atoms with Crippen molar-refractivity contribution in [1.29, 1.82) is 5.26 Å². The first-order valence-electron chi connectivity index (χ1n) is 10.2. The maximum absolute atomic E-state index is 12.8. The lowest BCUT2D eigenvalue weighted by Gasteiger charge is -2.13. The number of aromatic nitrogens is 1. The van der Waals surface area contributed by atoms with Gasteiger partial charge in [-0.05, 0) is 56.7 Å². The third-order valence-corrected chi connectivity index (χ3v) is 4.80. The monoisotopic (exact) mass is 433 g/mol. The van der Waals surface area contributed by atoms with E-state index in [1.807, 2.05) is 13.0 Å². The summed E-state index contributed by atoms with van der Waals surface area (Å²) in [7, 11) is 0. The third-order valence-electron chi connectivity index (χ3n) is 4.80. The summed E-state index contributed by atoms with van der Waals surface area (Å²) in [5.74, 6) is -0.888. The highest BCUT2D eigenvalue weighted by atomic mass is 16.5. The van der Waals surface area contributed by atoms with Crippen LogP contribution in [0.4, 0.5) is 5.69 Å². The molecule has 164 valence electrons. The lowest BCUT2D eigenvalue weighted by molar-refractivity contribution is -0.116. The minimum Gasteiger partial charge on any atom is -0.451 e. The molecule has 0 fully saturated rings. The number of carbonyl (C=O) groups excluding carboxylic acids is 3. The molecule has 1 aromatic carbocycles. The number of ketones is 1. The number of benzene rings is 1. The maximum Gasteiger partial charge on any atom is 0.343 e. The van der Waals surface area contributed by atoms with Gasteiger partial charge >= 0.3 is 5.97 Å². The Balaban J connectivity index is 1.73. The molecule has 0 aliphatic rings. The summed E-state index contributed by atoms with van der Waals surface area (Å²) in [4.78, 5) is 37.2. The number of esters is 1. The molecule has 2 heterocycles. The van der Waals surface area contributed by atoms with Gasteiger partial charge in [0.1, 0.15) is 23.0 Å². The highest BCUT2D eigenvalue weighted by Gasteiger charge is 2.28. The number of ether oxygens (including phenoxy) is 1. The molecule has 0 saturated heterocycles. The van der Waals surface area contributed by atoms with E-state index in [1.165, 1.54) is 6.92 Å². The van der Waals surface area contributed by atoms with Crippen molar-refractivity contribution >= 4 is 23.3 Å². The first kappa shape index (κ1) is 22.6. The average Bonchev–Trinajstić information content (AvgIpc) is 3.41. The number of nitrogens with zero attached hydrogens (tertiary/aromatic N) is 2. The van der Waals surface area contributed by atoms with Crippen molar-refractivity contribution in [2.75, 3.05) is 5.32 Å². The quantitative estimate of drug-likeness (QED) is 0.415. The Morgan fingerprint density at radius 3 is 2.44 bits per heavy atom. The van der Waals surface area contributed by atoms with E-state index in [9.17, 15) is 19.6 Å². The summed E-state index contributed by atoms with van der Waals surface area (Å²) in [5, 5.41) is 12.3. The fraction of sp³-hybridized carbons (Fsp3) is 0.250. The van der Waals surface area contributed by atoms with Gasteiger partial charge in [-0.1, -0.05) is 6.92 Å². The predicted molar refractivity (Wildman–Crippen MR) is 117 cm³/mol. The zero-order valence-electron chi connectivity index (χ0n) is 18.0. The lowest BCUT2D eigenvalue weighted by atomic mass is 10.1. The number of hydrogen-bond donors (Lipinski definition) is 1. The second kappa shape index (κ2) is 9.79. The number of nitrogens with one attached hydrogen (secondary N) is 1. The minimum absolute atomic E-state index is 0.00941. The summed E-state index contributed by atoms with van der Waals surface area (Å²) in [5.41, 5.74) is 0.937. The molecule has 3 rings (SSSR count). The van der Waals surface area contributed by atoms with Crippen LogP contribution in [0.1, 0.15) is 58.7 Å². The van der Waals surface area contributed by atoms with Gasteiger partial charge in [0.2, 0.25) is 17.6 Å². The van der Waals surface area contributed by atoms with Gasteiger partial charge in [0.15, 0.2) is 6.10 Å². The maximum atomic E-state index is 12.8. The van der Waals surface area contributed by atoms with Gasteiger partial charge in [-0.3, -0.25) is 14.2 Å². The summed E-state index contributed by atoms with van der Waals surface area (Å²) in [6.07, 6.45) is 3.45. The van der Waals surface area contributed by atoms with Gasteiger partial charge in [-0.15, -0.1) is 0 Å². The molecule has 32 heavy (non-hydrogen) atoms. The number of amides is 1. The molecule has 1 atom stereocenters. The van der Waals surface area contributed by atoms with E-state index in [0.717, 1.165) is 6.42 Å². The van der Waals surface area contributed by atoms with Crippen LogP contribution in [0.3, 0.4) is 0 Å². The van der Waals surface area contributed by atoms with Crippen molar-refractivity contribution in [2.45, 2.75) is 39.7 Å². The number of anilines is 1. The van der Waals surface area contributed by atoms with E-state index < -0.39 is 17.9 Å². The van der Waals surface area contributed by atoms with Crippen LogP contribution < -0.4 is 5.32 Å². The summed E-state index contributed by atoms with van der Waals surface area (Å²) >= 11 is 0. The van der Waals surface area contributed by atoms with Gasteiger partial charge in [0, 0.05) is 30.1 Å². The van der Waals surface area contributed by atoms with Crippen LogP contribution in [0, 0.1) is 18.3 Å². The van der Waals surface area contributed by atoms with Crippen LogP contribution in [0.15, 0.2) is 53.2 Å². The smallest absolute Gasteiger partial charge is 0.343 e. The molecule has 0 bridgehead atoms. The standard InChI is InChI=1S/C24H23N3O5/c1-4-7-20(28)26-18-10-8-17(9-11-18)22(29)16(3)32-24(30)21-15(2)31-23(19(21)14-25)27-12-5-6-13-27/h5-6,8-13,16H,4,7H2,1-3H3,(H,26,28)/t16-/m1/s1. The molecular weight excluding hydrogens is 410 g/mol. The molecule has 1 amide bonds. The van der Waals surface area contributed by atoms with Crippen LogP contribution in [-0.2, 0) is 9.53 Å². The molecule has 1 N–H and O–H groups in total. The lowest BCUT2D eigenvalue weighted by Crippen LogP contribution is -2.25. The molecule has 0 radical (unpaired) electrons.